The quantitative estimate of drug-likeness (QED) is 0.693. The van der Waals surface area contributed by atoms with Crippen LogP contribution in [0.1, 0.15) is 12.7 Å². The van der Waals surface area contributed by atoms with Crippen LogP contribution in [0.4, 0.5) is 10.1 Å². The Hall–Kier alpha value is -3.20. The molecule has 9 heteroatoms. The van der Waals surface area contributed by atoms with Crippen molar-refractivity contribution in [3.63, 3.8) is 0 Å². The number of aliphatic hydroxyl groups excluding tert-OH is 1. The van der Waals surface area contributed by atoms with E-state index in [1.165, 1.54) is 18.1 Å². The number of hydrogen-bond acceptors (Lipinski definition) is 6. The third kappa shape index (κ3) is 3.61. The first-order valence-electron chi connectivity index (χ1n) is 8.80. The number of halogens is 1. The molecule has 0 spiro atoms. The second-order valence-corrected chi connectivity index (χ2v) is 6.15. The Morgan fingerprint density at radius 1 is 1.43 bits per heavy atom. The van der Waals surface area contributed by atoms with Gasteiger partial charge in [0.25, 0.3) is 5.91 Å². The standard InChI is InChI=1S/C19H21FN4O4/c1-3-16-21-6-7-24(16)15-5-4-12(10-14(15)20)22-17-13(19(27)28-2)11-23(8-9-25)18(17)26/h4-7,10,22,25H,3,8-9,11H2,1-2H3. The van der Waals surface area contributed by atoms with Crippen LogP contribution in [0.2, 0.25) is 0 Å². The van der Waals surface area contributed by atoms with Crippen molar-refractivity contribution >= 4 is 17.6 Å². The maximum absolute atomic E-state index is 14.7. The van der Waals surface area contributed by atoms with Gasteiger partial charge in [0.2, 0.25) is 0 Å². The van der Waals surface area contributed by atoms with Gasteiger partial charge in [-0.3, -0.25) is 4.79 Å². The number of β-amino-alcohol motifs (C(OH)–C–C–N with tert-alkyl or cyclic N) is 1. The minimum absolute atomic E-state index is 0.0177. The Morgan fingerprint density at radius 2 is 2.21 bits per heavy atom. The van der Waals surface area contributed by atoms with Gasteiger partial charge in [0.1, 0.15) is 17.3 Å². The number of amides is 1. The van der Waals surface area contributed by atoms with Crippen LogP contribution in [0.5, 0.6) is 0 Å². The van der Waals surface area contributed by atoms with Gasteiger partial charge in [0.05, 0.1) is 31.5 Å². The number of rotatable bonds is 7. The molecule has 0 fully saturated rings. The Morgan fingerprint density at radius 3 is 2.86 bits per heavy atom. The van der Waals surface area contributed by atoms with Crippen LogP contribution < -0.4 is 5.32 Å². The summed E-state index contributed by atoms with van der Waals surface area (Å²) in [5.41, 5.74) is 0.800. The van der Waals surface area contributed by atoms with E-state index in [4.69, 9.17) is 9.84 Å². The molecular formula is C19H21FN4O4. The number of carbonyl (C=O) groups is 2. The molecule has 0 saturated carbocycles. The van der Waals surface area contributed by atoms with Gasteiger partial charge < -0.3 is 24.6 Å². The molecule has 0 atom stereocenters. The van der Waals surface area contributed by atoms with Crippen LogP contribution in [-0.4, -0.2) is 58.2 Å². The van der Waals surface area contributed by atoms with Gasteiger partial charge in [-0.1, -0.05) is 6.92 Å². The van der Waals surface area contributed by atoms with Crippen molar-refractivity contribution in [1.82, 2.24) is 14.5 Å². The lowest BCUT2D eigenvalue weighted by molar-refractivity contribution is -0.136. The van der Waals surface area contributed by atoms with E-state index in [1.54, 1.807) is 29.1 Å². The molecule has 1 aliphatic rings. The number of ether oxygens (including phenoxy) is 1. The number of benzene rings is 1. The van der Waals surface area contributed by atoms with E-state index in [-0.39, 0.29) is 31.0 Å². The molecule has 1 aromatic heterocycles. The molecule has 0 radical (unpaired) electrons. The molecule has 0 unspecified atom stereocenters. The van der Waals surface area contributed by atoms with Crippen LogP contribution >= 0.6 is 0 Å². The van der Waals surface area contributed by atoms with E-state index in [2.05, 4.69) is 10.3 Å². The zero-order valence-corrected chi connectivity index (χ0v) is 15.6. The zero-order valence-electron chi connectivity index (χ0n) is 15.6. The average Bonchev–Trinajstić information content (AvgIpc) is 3.28. The Kier molecular flexibility index (Phi) is 5.74. The highest BCUT2D eigenvalue weighted by atomic mass is 19.1. The lowest BCUT2D eigenvalue weighted by Gasteiger charge is -2.15. The minimum atomic E-state index is -0.653. The highest BCUT2D eigenvalue weighted by molar-refractivity contribution is 6.08. The van der Waals surface area contributed by atoms with Gasteiger partial charge >= 0.3 is 5.97 Å². The Balaban J connectivity index is 1.90. The fourth-order valence-electron chi connectivity index (χ4n) is 3.09. The summed E-state index contributed by atoms with van der Waals surface area (Å²) in [5, 5.41) is 11.9. The molecule has 0 saturated heterocycles. The lowest BCUT2D eigenvalue weighted by Crippen LogP contribution is -2.31. The molecule has 3 rings (SSSR count). The van der Waals surface area contributed by atoms with Crippen molar-refractivity contribution in [2.24, 2.45) is 0 Å². The SMILES string of the molecule is CCc1nccn1-c1ccc(NC2=C(C(=O)OC)CN(CCO)C2=O)cc1F. The summed E-state index contributed by atoms with van der Waals surface area (Å²) in [5.74, 6) is -0.891. The van der Waals surface area contributed by atoms with E-state index >= 15 is 0 Å². The molecule has 0 aliphatic carbocycles. The maximum atomic E-state index is 14.7. The molecule has 8 nitrogen and oxygen atoms in total. The van der Waals surface area contributed by atoms with Crippen LogP contribution in [0, 0.1) is 5.82 Å². The smallest absolute Gasteiger partial charge is 0.337 e. The molecule has 2 N–H and O–H groups in total. The predicted octanol–water partition coefficient (Wildman–Crippen LogP) is 1.25. The number of methoxy groups -OCH3 is 1. The molecule has 1 aliphatic heterocycles. The van der Waals surface area contributed by atoms with Crippen molar-refractivity contribution in [1.29, 1.82) is 0 Å². The van der Waals surface area contributed by atoms with Gasteiger partial charge in [-0.25, -0.2) is 14.2 Å². The monoisotopic (exact) mass is 388 g/mol. The van der Waals surface area contributed by atoms with Gasteiger partial charge in [-0.15, -0.1) is 0 Å². The molecule has 2 aromatic rings. The topological polar surface area (TPSA) is 96.7 Å². The van der Waals surface area contributed by atoms with Gasteiger partial charge in [-0.05, 0) is 18.2 Å². The number of nitrogens with zero attached hydrogens (tertiary/aromatic N) is 3. The molecule has 2 heterocycles. The number of carbonyl (C=O) groups excluding carboxylic acids is 2. The number of aryl methyl sites for hydroxylation is 1. The number of aliphatic hydroxyl groups is 1. The van der Waals surface area contributed by atoms with E-state index in [1.807, 2.05) is 6.92 Å². The molecule has 148 valence electrons. The minimum Gasteiger partial charge on any atom is -0.466 e. The number of anilines is 1. The first kappa shape index (κ1) is 19.6. The largest absolute Gasteiger partial charge is 0.466 e. The van der Waals surface area contributed by atoms with E-state index in [9.17, 15) is 14.0 Å². The van der Waals surface area contributed by atoms with Crippen molar-refractivity contribution < 1.29 is 23.8 Å². The molecule has 1 amide bonds. The van der Waals surface area contributed by atoms with Crippen molar-refractivity contribution in [3.05, 3.63) is 53.5 Å². The van der Waals surface area contributed by atoms with Crippen LogP contribution in [-0.2, 0) is 20.7 Å². The molecule has 1 aromatic carbocycles. The predicted molar refractivity (Wildman–Crippen MR) is 99.2 cm³/mol. The first-order valence-corrected chi connectivity index (χ1v) is 8.80. The van der Waals surface area contributed by atoms with Crippen LogP contribution in [0.3, 0.4) is 0 Å². The number of imidazole rings is 1. The maximum Gasteiger partial charge on any atom is 0.337 e. The summed E-state index contributed by atoms with van der Waals surface area (Å²) in [4.78, 5) is 30.0. The van der Waals surface area contributed by atoms with Crippen molar-refractivity contribution in [2.75, 3.05) is 32.1 Å². The molecule has 0 bridgehead atoms. The van der Waals surface area contributed by atoms with Gasteiger partial charge in [0, 0.05) is 31.0 Å². The summed E-state index contributed by atoms with van der Waals surface area (Å²) in [6.07, 6.45) is 3.93. The third-order valence-corrected chi connectivity index (χ3v) is 4.46. The number of esters is 1. The summed E-state index contributed by atoms with van der Waals surface area (Å²) < 4.78 is 21.1. The van der Waals surface area contributed by atoms with Crippen molar-refractivity contribution in [2.45, 2.75) is 13.3 Å². The lowest BCUT2D eigenvalue weighted by atomic mass is 10.2. The average molecular weight is 388 g/mol. The third-order valence-electron chi connectivity index (χ3n) is 4.46. The second-order valence-electron chi connectivity index (χ2n) is 6.15. The summed E-state index contributed by atoms with van der Waals surface area (Å²) in [6, 6.07) is 4.43. The van der Waals surface area contributed by atoms with E-state index in [0.717, 1.165) is 5.82 Å². The van der Waals surface area contributed by atoms with E-state index < -0.39 is 17.7 Å². The van der Waals surface area contributed by atoms with Gasteiger partial charge in [-0.2, -0.15) is 0 Å². The fraction of sp³-hybridized carbons (Fsp3) is 0.316. The van der Waals surface area contributed by atoms with Crippen LogP contribution in [0.25, 0.3) is 5.69 Å². The molecular weight excluding hydrogens is 367 g/mol. The molecule has 28 heavy (non-hydrogen) atoms. The first-order chi connectivity index (χ1) is 13.5. The second kappa shape index (κ2) is 8.22. The number of aromatic nitrogens is 2. The number of hydrogen-bond donors (Lipinski definition) is 2. The van der Waals surface area contributed by atoms with Gasteiger partial charge in [0.15, 0.2) is 0 Å². The summed E-state index contributed by atoms with van der Waals surface area (Å²) in [7, 11) is 1.22. The summed E-state index contributed by atoms with van der Waals surface area (Å²) >= 11 is 0. The number of nitrogens with one attached hydrogen (secondary N) is 1. The van der Waals surface area contributed by atoms with E-state index in [0.29, 0.717) is 17.8 Å². The zero-order chi connectivity index (χ0) is 20.3. The Bertz CT molecular complexity index is 938. The normalized spacial score (nSPS) is 14.0. The van der Waals surface area contributed by atoms with Crippen molar-refractivity contribution in [3.8, 4) is 5.69 Å². The Labute approximate surface area is 161 Å². The highest BCUT2D eigenvalue weighted by Crippen LogP contribution is 2.25. The fourth-order valence-corrected chi connectivity index (χ4v) is 3.09. The highest BCUT2D eigenvalue weighted by Gasteiger charge is 2.34. The van der Waals surface area contributed by atoms with Crippen LogP contribution in [0.15, 0.2) is 41.9 Å². The summed E-state index contributed by atoms with van der Waals surface area (Å²) in [6.45, 7) is 1.79.